The van der Waals surface area contributed by atoms with Crippen molar-refractivity contribution in [2.45, 2.75) is 0 Å². The van der Waals surface area contributed by atoms with Crippen molar-refractivity contribution in [2.24, 2.45) is 0 Å². The van der Waals surface area contributed by atoms with E-state index in [1.54, 1.807) is 6.07 Å². The Morgan fingerprint density at radius 2 is 0.902 bits per heavy atom. The predicted molar refractivity (Wildman–Crippen MR) is 175 cm³/mol. The molecule has 0 N–H and O–H groups in total. The number of furan rings is 1. The predicted octanol–water partition coefficient (Wildman–Crippen LogP) is 11.5. The molecule has 9 aromatic rings. The van der Waals surface area contributed by atoms with Crippen LogP contribution in [0.4, 0.5) is 0 Å². The summed E-state index contributed by atoms with van der Waals surface area (Å²) < 4.78 is 79.1. The van der Waals surface area contributed by atoms with E-state index in [2.05, 4.69) is 0 Å². The molecular weight excluding hydrogens is 496 g/mol. The molecule has 0 aliphatic rings. The molecule has 1 heteroatoms. The van der Waals surface area contributed by atoms with Crippen molar-refractivity contribution in [3.8, 4) is 22.3 Å². The van der Waals surface area contributed by atoms with Crippen LogP contribution in [0, 0.1) is 0 Å². The number of hydrogen-bond acceptors (Lipinski definition) is 1. The van der Waals surface area contributed by atoms with Gasteiger partial charge in [0.1, 0.15) is 11.2 Å². The Labute approximate surface area is 248 Å². The first-order chi connectivity index (χ1) is 23.7. The average molecular weight is 529 g/mol. The molecular formula is C40H24O. The zero-order valence-corrected chi connectivity index (χ0v) is 21.6. The molecule has 9 rings (SSSR count). The van der Waals surface area contributed by atoms with Crippen LogP contribution in [-0.4, -0.2) is 0 Å². The number of rotatable bonds is 2. The van der Waals surface area contributed by atoms with Gasteiger partial charge in [0.05, 0.1) is 11.0 Å². The van der Waals surface area contributed by atoms with Gasteiger partial charge in [-0.25, -0.2) is 0 Å². The van der Waals surface area contributed by atoms with Gasteiger partial charge in [0.15, 0.2) is 0 Å². The maximum absolute atomic E-state index is 9.40. The zero-order valence-electron chi connectivity index (χ0n) is 29.6. The first kappa shape index (κ1) is 16.0. The molecule has 0 atom stereocenters. The molecule has 0 amide bonds. The summed E-state index contributed by atoms with van der Waals surface area (Å²) in [7, 11) is 0. The van der Waals surface area contributed by atoms with E-state index in [-0.39, 0.29) is 45.7 Å². The zero-order chi connectivity index (χ0) is 33.9. The van der Waals surface area contributed by atoms with E-state index in [0.717, 1.165) is 26.9 Å². The molecule has 190 valence electrons. The fourth-order valence-electron chi connectivity index (χ4n) is 6.41. The molecule has 0 spiro atoms. The van der Waals surface area contributed by atoms with Gasteiger partial charge in [-0.15, -0.1) is 0 Å². The van der Waals surface area contributed by atoms with Gasteiger partial charge in [0.2, 0.25) is 0 Å². The van der Waals surface area contributed by atoms with Gasteiger partial charge in [0.25, 0.3) is 0 Å². The van der Waals surface area contributed by atoms with E-state index in [9.17, 15) is 5.48 Å². The third kappa shape index (κ3) is 3.18. The minimum atomic E-state index is -0.433. The standard InChI is InChI=1S/C40H24O/c1-2-13-27-25(11-1)23-24-26-12-9-19-33(37(26)27)38-28-14-3-5-16-30(28)39(31-17-6-4-15-29(31)38)34-20-10-22-36-40(34)32-18-7-8-21-35(32)41-36/h1-24H/i3D,4D,5D,6D,14D,15D,16D,17D. The molecule has 0 aliphatic carbocycles. The normalized spacial score (nSPS) is 14.6. The van der Waals surface area contributed by atoms with Crippen LogP contribution in [0.15, 0.2) is 150 Å². The fourth-order valence-corrected chi connectivity index (χ4v) is 6.41. The Morgan fingerprint density at radius 3 is 1.61 bits per heavy atom. The lowest BCUT2D eigenvalue weighted by Crippen LogP contribution is -1.92. The number of para-hydroxylation sites is 1. The molecule has 0 bridgehead atoms. The molecule has 0 unspecified atom stereocenters. The van der Waals surface area contributed by atoms with Crippen LogP contribution in [-0.2, 0) is 0 Å². The monoisotopic (exact) mass is 528 g/mol. The van der Waals surface area contributed by atoms with Crippen molar-refractivity contribution in [1.29, 1.82) is 0 Å². The Hall–Kier alpha value is -5.40. The van der Waals surface area contributed by atoms with Gasteiger partial charge in [-0.1, -0.05) is 133 Å². The minimum Gasteiger partial charge on any atom is -0.456 e. The molecule has 8 aromatic carbocycles. The van der Waals surface area contributed by atoms with E-state index in [0.29, 0.717) is 38.8 Å². The van der Waals surface area contributed by atoms with Crippen LogP contribution in [0.2, 0.25) is 0 Å². The van der Waals surface area contributed by atoms with Crippen molar-refractivity contribution in [3.63, 3.8) is 0 Å². The number of benzene rings is 8. The molecule has 41 heavy (non-hydrogen) atoms. The highest BCUT2D eigenvalue weighted by molar-refractivity contribution is 6.28. The van der Waals surface area contributed by atoms with Gasteiger partial charge in [-0.2, -0.15) is 0 Å². The van der Waals surface area contributed by atoms with Crippen molar-refractivity contribution in [2.75, 3.05) is 0 Å². The summed E-state index contributed by atoms with van der Waals surface area (Å²) in [6.45, 7) is 0. The molecule has 0 fully saturated rings. The first-order valence-electron chi connectivity index (χ1n) is 17.5. The van der Waals surface area contributed by atoms with Gasteiger partial charge in [-0.3, -0.25) is 0 Å². The molecule has 1 heterocycles. The lowest BCUT2D eigenvalue weighted by atomic mass is 9.83. The first-order valence-corrected chi connectivity index (χ1v) is 13.5. The number of fused-ring (bicyclic) bond motifs is 8. The Kier molecular flexibility index (Phi) is 3.34. The molecule has 0 saturated heterocycles. The highest BCUT2D eigenvalue weighted by atomic mass is 16.3. The molecule has 0 radical (unpaired) electrons. The Bertz CT molecular complexity index is 2850. The second-order valence-corrected chi connectivity index (χ2v) is 10.2. The largest absolute Gasteiger partial charge is 0.456 e. The highest BCUT2D eigenvalue weighted by Gasteiger charge is 2.21. The summed E-state index contributed by atoms with van der Waals surface area (Å²) >= 11 is 0. The fraction of sp³-hybridized carbons (Fsp3) is 0. The second kappa shape index (κ2) is 8.55. The van der Waals surface area contributed by atoms with Crippen molar-refractivity contribution in [3.05, 3.63) is 145 Å². The minimum absolute atomic E-state index is 0.175. The van der Waals surface area contributed by atoms with Crippen LogP contribution in [0.5, 0.6) is 0 Å². The van der Waals surface area contributed by atoms with Crippen LogP contribution in [0.25, 0.3) is 87.3 Å². The Balaban J connectivity index is 1.64. The van der Waals surface area contributed by atoms with Crippen LogP contribution < -0.4 is 0 Å². The van der Waals surface area contributed by atoms with E-state index < -0.39 is 24.2 Å². The van der Waals surface area contributed by atoms with Crippen molar-refractivity contribution < 1.29 is 15.4 Å². The third-order valence-electron chi connectivity index (χ3n) is 8.09. The summed E-state index contributed by atoms with van der Waals surface area (Å²) in [6, 6.07) is 27.7. The van der Waals surface area contributed by atoms with Crippen molar-refractivity contribution in [1.82, 2.24) is 0 Å². The van der Waals surface area contributed by atoms with E-state index >= 15 is 0 Å². The summed E-state index contributed by atoms with van der Waals surface area (Å²) in [5.41, 5.74) is 2.96. The SMILES string of the molecule is [2H]c1c([2H])c([2H])c2c(-c3cccc4oc5ccccc5c34)c3c([2H])c([2H])c([2H])c([2H])c3c(-c3cccc4ccc5ccccc5c34)c2c1[2H]. The van der Waals surface area contributed by atoms with Crippen molar-refractivity contribution >= 4 is 65.0 Å². The lowest BCUT2D eigenvalue weighted by Gasteiger charge is -2.19. The topological polar surface area (TPSA) is 13.1 Å². The number of hydrogen-bond donors (Lipinski definition) is 0. The van der Waals surface area contributed by atoms with Gasteiger partial charge in [0, 0.05) is 10.8 Å². The molecule has 0 saturated carbocycles. The summed E-state index contributed by atoms with van der Waals surface area (Å²) in [4.78, 5) is 0. The molecule has 1 aromatic heterocycles. The third-order valence-corrected chi connectivity index (χ3v) is 8.09. The van der Waals surface area contributed by atoms with E-state index in [1.807, 2.05) is 91.0 Å². The quantitative estimate of drug-likeness (QED) is 0.161. The van der Waals surface area contributed by atoms with Gasteiger partial charge < -0.3 is 4.42 Å². The van der Waals surface area contributed by atoms with Gasteiger partial charge in [-0.05, 0) is 77.5 Å². The van der Waals surface area contributed by atoms with E-state index in [4.69, 9.17) is 9.90 Å². The maximum Gasteiger partial charge on any atom is 0.136 e. The molecule has 0 aliphatic heterocycles. The highest BCUT2D eigenvalue weighted by Crippen LogP contribution is 2.48. The van der Waals surface area contributed by atoms with E-state index in [1.165, 1.54) is 0 Å². The Morgan fingerprint density at radius 1 is 0.390 bits per heavy atom. The molecule has 1 nitrogen and oxygen atoms in total. The summed E-state index contributed by atoms with van der Waals surface area (Å²) in [5, 5.41) is 5.77. The summed E-state index contributed by atoms with van der Waals surface area (Å²) in [5.74, 6) is 0. The smallest absolute Gasteiger partial charge is 0.136 e. The second-order valence-electron chi connectivity index (χ2n) is 10.2. The average Bonchev–Trinajstić information content (AvgIpc) is 3.52. The van der Waals surface area contributed by atoms with Gasteiger partial charge >= 0.3 is 0 Å². The lowest BCUT2D eigenvalue weighted by molar-refractivity contribution is 0.669. The van der Waals surface area contributed by atoms with Crippen LogP contribution in [0.1, 0.15) is 11.0 Å². The maximum atomic E-state index is 9.40. The summed E-state index contributed by atoms with van der Waals surface area (Å²) in [6.07, 6.45) is 0. The van der Waals surface area contributed by atoms with Crippen LogP contribution in [0.3, 0.4) is 0 Å². The van der Waals surface area contributed by atoms with Crippen LogP contribution >= 0.6 is 0 Å².